The van der Waals surface area contributed by atoms with Crippen LogP contribution in [-0.4, -0.2) is 40.8 Å². The van der Waals surface area contributed by atoms with Crippen LogP contribution in [0.1, 0.15) is 49.6 Å². The van der Waals surface area contributed by atoms with Crippen molar-refractivity contribution in [3.63, 3.8) is 0 Å². The first-order valence-electron chi connectivity index (χ1n) is 9.48. The van der Waals surface area contributed by atoms with E-state index in [1.54, 1.807) is 23.2 Å². The number of fused-ring (bicyclic) bond motifs is 2. The smallest absolute Gasteiger partial charge is 0.409 e. The van der Waals surface area contributed by atoms with Crippen LogP contribution in [0.15, 0.2) is 36.0 Å². The van der Waals surface area contributed by atoms with E-state index in [2.05, 4.69) is 4.98 Å². The Morgan fingerprint density at radius 2 is 1.93 bits per heavy atom. The maximum Gasteiger partial charge on any atom is 0.409 e. The molecule has 0 unspecified atom stereocenters. The number of nitrogens with zero attached hydrogens (tertiary/aromatic N) is 2. The maximum atomic E-state index is 12.0. The number of phenols is 1. The fourth-order valence-electron chi connectivity index (χ4n) is 3.84. The minimum atomic E-state index is -0.259. The number of amides is 1. The third-order valence-electron chi connectivity index (χ3n) is 5.17. The van der Waals surface area contributed by atoms with Crippen LogP contribution in [0.2, 0.25) is 0 Å². The van der Waals surface area contributed by atoms with E-state index in [1.165, 1.54) is 5.57 Å². The van der Waals surface area contributed by atoms with Crippen LogP contribution in [0.5, 0.6) is 5.75 Å². The van der Waals surface area contributed by atoms with Crippen molar-refractivity contribution in [1.82, 2.24) is 9.88 Å². The summed E-state index contributed by atoms with van der Waals surface area (Å²) in [7, 11) is 0. The summed E-state index contributed by atoms with van der Waals surface area (Å²) in [6, 6.07) is 7.31. The molecule has 1 saturated heterocycles. The van der Waals surface area contributed by atoms with E-state index in [9.17, 15) is 9.90 Å². The molecule has 6 heteroatoms. The number of anilines is 1. The molecule has 1 aliphatic carbocycles. The van der Waals surface area contributed by atoms with Crippen molar-refractivity contribution in [2.24, 2.45) is 0 Å². The summed E-state index contributed by atoms with van der Waals surface area (Å²) in [5, 5.41) is 9.94. The summed E-state index contributed by atoms with van der Waals surface area (Å²) >= 11 is 0. The van der Waals surface area contributed by atoms with Gasteiger partial charge in [-0.15, -0.1) is 0 Å². The molecule has 1 aliphatic heterocycles. The standard InChI is InChI=1S/C22H23N3O3.CH4/c1-2-28-22(27)25-9-7-14(8-10-25)20-19-6-5-18(26)12-15(19)3-4-16-11-17(23)13-24-21(16)20;/h3-6,11-13,26H,2,7-10,23H2,1H3;1H4. The number of carbonyl (C=O) groups excluding carboxylic acids is 1. The molecule has 0 atom stereocenters. The van der Waals surface area contributed by atoms with Gasteiger partial charge in [0.2, 0.25) is 0 Å². The molecule has 29 heavy (non-hydrogen) atoms. The van der Waals surface area contributed by atoms with E-state index in [0.29, 0.717) is 25.4 Å². The van der Waals surface area contributed by atoms with E-state index >= 15 is 0 Å². The Kier molecular flexibility index (Phi) is 5.92. The number of aromatic nitrogens is 1. The number of nitrogens with two attached hydrogens (primary N) is 1. The van der Waals surface area contributed by atoms with E-state index in [0.717, 1.165) is 40.8 Å². The second kappa shape index (κ2) is 8.39. The highest BCUT2D eigenvalue weighted by Crippen LogP contribution is 2.39. The van der Waals surface area contributed by atoms with E-state index in [-0.39, 0.29) is 19.3 Å². The summed E-state index contributed by atoms with van der Waals surface area (Å²) in [4.78, 5) is 18.4. The molecule has 2 aromatic rings. The molecule has 1 fully saturated rings. The van der Waals surface area contributed by atoms with Crippen molar-refractivity contribution < 1.29 is 14.6 Å². The van der Waals surface area contributed by atoms with Gasteiger partial charge in [-0.3, -0.25) is 4.98 Å². The van der Waals surface area contributed by atoms with Gasteiger partial charge < -0.3 is 20.5 Å². The fourth-order valence-corrected chi connectivity index (χ4v) is 3.84. The molecule has 0 spiro atoms. The molecule has 152 valence electrons. The highest BCUT2D eigenvalue weighted by atomic mass is 16.6. The Hall–Kier alpha value is -3.28. The normalized spacial score (nSPS) is 15.1. The summed E-state index contributed by atoms with van der Waals surface area (Å²) in [5.74, 6) is 0.225. The molecule has 2 heterocycles. The molecule has 2 aliphatic rings. The molecule has 4 rings (SSSR count). The second-order valence-electron chi connectivity index (χ2n) is 6.98. The Bertz CT molecular complexity index is 927. The van der Waals surface area contributed by atoms with Crippen LogP contribution in [-0.2, 0) is 4.74 Å². The van der Waals surface area contributed by atoms with E-state index in [4.69, 9.17) is 10.5 Å². The SMILES string of the molecule is C.CCOC(=O)N1CCC(=C2c3ccc(O)cc3C=Cc3cc(N)cnc32)CC1. The number of phenolic OH excluding ortho intramolecular Hbond substituents is 1. The number of piperidine rings is 1. The van der Waals surface area contributed by atoms with Gasteiger partial charge in [0.25, 0.3) is 0 Å². The van der Waals surface area contributed by atoms with Crippen LogP contribution < -0.4 is 5.73 Å². The first kappa shape index (κ1) is 20.5. The number of aromatic hydroxyl groups is 1. The average Bonchev–Trinajstić information content (AvgIpc) is 2.84. The minimum absolute atomic E-state index is 0. The number of rotatable bonds is 1. The van der Waals surface area contributed by atoms with Gasteiger partial charge in [0.15, 0.2) is 0 Å². The number of likely N-dealkylation sites (tertiary alicyclic amines) is 1. The highest BCUT2D eigenvalue weighted by Gasteiger charge is 2.26. The number of benzene rings is 1. The van der Waals surface area contributed by atoms with Gasteiger partial charge in [0, 0.05) is 24.2 Å². The first-order valence-corrected chi connectivity index (χ1v) is 9.48. The van der Waals surface area contributed by atoms with Crippen LogP contribution in [0.25, 0.3) is 17.7 Å². The van der Waals surface area contributed by atoms with Gasteiger partial charge >= 0.3 is 6.09 Å². The van der Waals surface area contributed by atoms with Crippen molar-refractivity contribution >= 4 is 29.5 Å². The molecule has 6 nitrogen and oxygen atoms in total. The number of ether oxygens (including phenoxy) is 1. The monoisotopic (exact) mass is 393 g/mol. The van der Waals surface area contributed by atoms with Crippen LogP contribution in [0, 0.1) is 0 Å². The van der Waals surface area contributed by atoms with E-state index in [1.807, 2.05) is 31.2 Å². The Morgan fingerprint density at radius 3 is 2.66 bits per heavy atom. The lowest BCUT2D eigenvalue weighted by molar-refractivity contribution is 0.104. The predicted octanol–water partition coefficient (Wildman–Crippen LogP) is 4.54. The number of nitrogen functional groups attached to an aromatic ring is 1. The molecule has 0 bridgehead atoms. The van der Waals surface area contributed by atoms with Crippen molar-refractivity contribution in [3.05, 3.63) is 58.4 Å². The zero-order chi connectivity index (χ0) is 19.7. The van der Waals surface area contributed by atoms with Crippen molar-refractivity contribution in [2.45, 2.75) is 27.2 Å². The lowest BCUT2D eigenvalue weighted by Crippen LogP contribution is -2.37. The van der Waals surface area contributed by atoms with Gasteiger partial charge in [-0.2, -0.15) is 0 Å². The first-order chi connectivity index (χ1) is 13.6. The molecule has 1 aromatic heterocycles. The third-order valence-corrected chi connectivity index (χ3v) is 5.17. The van der Waals surface area contributed by atoms with Crippen LogP contribution >= 0.6 is 0 Å². The molecular formula is C23H27N3O3. The van der Waals surface area contributed by atoms with Crippen molar-refractivity contribution in [2.75, 3.05) is 25.4 Å². The van der Waals surface area contributed by atoms with E-state index < -0.39 is 0 Å². The quantitative estimate of drug-likeness (QED) is 0.633. The Morgan fingerprint density at radius 1 is 1.21 bits per heavy atom. The summed E-state index contributed by atoms with van der Waals surface area (Å²) < 4.78 is 5.13. The molecule has 1 aromatic carbocycles. The summed E-state index contributed by atoms with van der Waals surface area (Å²) in [5.41, 5.74) is 12.7. The average molecular weight is 393 g/mol. The van der Waals surface area contributed by atoms with Crippen LogP contribution in [0.4, 0.5) is 10.5 Å². The third kappa shape index (κ3) is 3.97. The lowest BCUT2D eigenvalue weighted by atomic mass is 9.88. The Labute approximate surface area is 171 Å². The highest BCUT2D eigenvalue weighted by molar-refractivity contribution is 5.94. The van der Waals surface area contributed by atoms with Crippen molar-refractivity contribution in [3.8, 4) is 5.75 Å². The maximum absolute atomic E-state index is 12.0. The minimum Gasteiger partial charge on any atom is -0.508 e. The Balaban J connectivity index is 0.00000240. The molecule has 0 saturated carbocycles. The number of hydrogen-bond donors (Lipinski definition) is 2. The molecule has 3 N–H and O–H groups in total. The zero-order valence-corrected chi connectivity index (χ0v) is 15.8. The van der Waals surface area contributed by atoms with Crippen LogP contribution in [0.3, 0.4) is 0 Å². The molecule has 0 radical (unpaired) electrons. The fraction of sp³-hybridized carbons (Fsp3) is 0.304. The van der Waals surface area contributed by atoms with Crippen molar-refractivity contribution in [1.29, 1.82) is 0 Å². The number of pyridine rings is 1. The van der Waals surface area contributed by atoms with Gasteiger partial charge in [-0.25, -0.2) is 4.79 Å². The zero-order valence-electron chi connectivity index (χ0n) is 15.8. The molecular weight excluding hydrogens is 366 g/mol. The van der Waals surface area contributed by atoms with Gasteiger partial charge in [-0.1, -0.05) is 31.2 Å². The number of hydrogen-bond acceptors (Lipinski definition) is 5. The summed E-state index contributed by atoms with van der Waals surface area (Å²) in [6.45, 7) is 3.42. The van der Waals surface area contributed by atoms with Gasteiger partial charge in [-0.05, 0) is 49.1 Å². The van der Waals surface area contributed by atoms with Gasteiger partial charge in [0.05, 0.1) is 24.2 Å². The van der Waals surface area contributed by atoms with Gasteiger partial charge in [0.1, 0.15) is 5.75 Å². The predicted molar refractivity (Wildman–Crippen MR) is 116 cm³/mol. The molecule has 1 amide bonds. The second-order valence-corrected chi connectivity index (χ2v) is 6.98. The summed E-state index contributed by atoms with van der Waals surface area (Å²) in [6.07, 6.45) is 6.88. The topological polar surface area (TPSA) is 88.7 Å². The largest absolute Gasteiger partial charge is 0.508 e. The number of carbonyl (C=O) groups is 1. The lowest BCUT2D eigenvalue weighted by Gasteiger charge is -2.29.